The first-order chi connectivity index (χ1) is 9.40. The first kappa shape index (κ1) is 13.7. The van der Waals surface area contributed by atoms with Crippen LogP contribution in [0.4, 0.5) is 0 Å². The monoisotopic (exact) mass is 295 g/mol. The van der Waals surface area contributed by atoms with E-state index in [4.69, 9.17) is 9.47 Å². The molecule has 3 heterocycles. The summed E-state index contributed by atoms with van der Waals surface area (Å²) in [6.07, 6.45) is -0.173. The summed E-state index contributed by atoms with van der Waals surface area (Å²) in [4.78, 5) is 24.0. The molecule has 3 aliphatic heterocycles. The third kappa shape index (κ3) is 1.69. The number of hydrogen-bond acceptors (Lipinski definition) is 6. The molecule has 3 fully saturated rings. The average molecular weight is 295 g/mol. The summed E-state index contributed by atoms with van der Waals surface area (Å²) in [5, 5.41) is 9.11. The van der Waals surface area contributed by atoms with E-state index >= 15 is 0 Å². The quantitative estimate of drug-likeness (QED) is 0.735. The lowest BCUT2D eigenvalue weighted by Crippen LogP contribution is -2.46. The molecule has 3 saturated heterocycles. The highest BCUT2D eigenvalue weighted by Gasteiger charge is 2.69. The molecule has 0 amide bonds. The summed E-state index contributed by atoms with van der Waals surface area (Å²) in [6, 6.07) is 2.20. The number of esters is 2. The second kappa shape index (κ2) is 4.39. The molecule has 20 heavy (non-hydrogen) atoms. The Labute approximate surface area is 122 Å². The van der Waals surface area contributed by atoms with Gasteiger partial charge in [-0.2, -0.15) is 5.26 Å². The van der Waals surface area contributed by atoms with Crippen molar-refractivity contribution in [2.24, 2.45) is 17.3 Å². The second-order valence-electron chi connectivity index (χ2n) is 6.25. The van der Waals surface area contributed by atoms with Crippen LogP contribution in [-0.4, -0.2) is 34.6 Å². The fraction of sp³-hybridized carbons (Fsp3) is 0.786. The van der Waals surface area contributed by atoms with Gasteiger partial charge in [-0.15, -0.1) is 11.8 Å². The fourth-order valence-electron chi connectivity index (χ4n) is 3.04. The Morgan fingerprint density at radius 2 is 2.20 bits per heavy atom. The summed E-state index contributed by atoms with van der Waals surface area (Å²) in [6.45, 7) is 5.60. The van der Waals surface area contributed by atoms with Crippen molar-refractivity contribution in [3.05, 3.63) is 0 Å². The van der Waals surface area contributed by atoms with E-state index in [-0.39, 0.29) is 34.5 Å². The molecule has 108 valence electrons. The van der Waals surface area contributed by atoms with Crippen LogP contribution in [0.5, 0.6) is 0 Å². The van der Waals surface area contributed by atoms with Crippen LogP contribution in [0.2, 0.25) is 0 Å². The SMILES string of the molecule is CCC(C)(C)C(=O)OC1C2OC(=O)C3C(C#N)C1SC23. The molecule has 6 heteroatoms. The molecule has 2 bridgehead atoms. The topological polar surface area (TPSA) is 76.4 Å². The van der Waals surface area contributed by atoms with E-state index in [1.54, 1.807) is 11.8 Å². The third-order valence-electron chi connectivity index (χ3n) is 4.73. The van der Waals surface area contributed by atoms with Gasteiger partial charge in [0.2, 0.25) is 0 Å². The van der Waals surface area contributed by atoms with Crippen LogP contribution in [-0.2, 0) is 19.1 Å². The molecular weight excluding hydrogens is 278 g/mol. The molecule has 0 aromatic carbocycles. The molecule has 0 saturated carbocycles. The van der Waals surface area contributed by atoms with Gasteiger partial charge in [0, 0.05) is 0 Å². The number of hydrogen-bond donors (Lipinski definition) is 0. The van der Waals surface area contributed by atoms with Crippen LogP contribution in [0, 0.1) is 28.6 Å². The molecule has 6 unspecified atom stereocenters. The molecule has 0 spiro atoms. The van der Waals surface area contributed by atoms with E-state index in [2.05, 4.69) is 6.07 Å². The largest absolute Gasteiger partial charge is 0.457 e. The van der Waals surface area contributed by atoms with Crippen LogP contribution < -0.4 is 0 Å². The molecule has 0 aromatic heterocycles. The zero-order valence-corrected chi connectivity index (χ0v) is 12.5. The highest BCUT2D eigenvalue weighted by atomic mass is 32.2. The van der Waals surface area contributed by atoms with Crippen LogP contribution in [0.25, 0.3) is 0 Å². The van der Waals surface area contributed by atoms with Crippen LogP contribution in [0.15, 0.2) is 0 Å². The smallest absolute Gasteiger partial charge is 0.312 e. The van der Waals surface area contributed by atoms with Crippen molar-refractivity contribution in [3.8, 4) is 6.07 Å². The van der Waals surface area contributed by atoms with Crippen molar-refractivity contribution in [1.82, 2.24) is 0 Å². The van der Waals surface area contributed by atoms with Crippen molar-refractivity contribution in [1.29, 1.82) is 5.26 Å². The van der Waals surface area contributed by atoms with E-state index in [0.29, 0.717) is 6.42 Å². The molecule has 3 rings (SSSR count). The molecule has 6 atom stereocenters. The lowest BCUT2D eigenvalue weighted by molar-refractivity contribution is -0.168. The fourth-order valence-corrected chi connectivity index (χ4v) is 4.98. The van der Waals surface area contributed by atoms with E-state index in [0.717, 1.165) is 0 Å². The van der Waals surface area contributed by atoms with Gasteiger partial charge in [-0.05, 0) is 20.3 Å². The molecular formula is C14H17NO4S. The Hall–Kier alpha value is -1.22. The molecule has 0 N–H and O–H groups in total. The summed E-state index contributed by atoms with van der Waals surface area (Å²) in [7, 11) is 0. The van der Waals surface area contributed by atoms with E-state index in [1.165, 1.54) is 0 Å². The molecule has 5 nitrogen and oxygen atoms in total. The predicted molar refractivity (Wildman–Crippen MR) is 71.6 cm³/mol. The van der Waals surface area contributed by atoms with Gasteiger partial charge in [0.25, 0.3) is 0 Å². The maximum absolute atomic E-state index is 12.2. The van der Waals surface area contributed by atoms with Gasteiger partial charge >= 0.3 is 11.9 Å². The number of rotatable bonds is 3. The number of carbonyl (C=O) groups is 2. The van der Waals surface area contributed by atoms with Gasteiger partial charge in [0.05, 0.1) is 33.8 Å². The van der Waals surface area contributed by atoms with Crippen molar-refractivity contribution in [2.75, 3.05) is 0 Å². The Kier molecular flexibility index (Phi) is 3.02. The summed E-state index contributed by atoms with van der Waals surface area (Å²) >= 11 is 1.57. The molecule has 0 aromatic rings. The second-order valence-corrected chi connectivity index (χ2v) is 7.62. The number of nitriles is 1. The Morgan fingerprint density at radius 1 is 1.50 bits per heavy atom. The minimum atomic E-state index is -0.559. The first-order valence-electron chi connectivity index (χ1n) is 6.87. The van der Waals surface area contributed by atoms with Gasteiger partial charge in [0.1, 0.15) is 0 Å². The number of fused-ring (bicyclic) bond motifs is 1. The summed E-state index contributed by atoms with van der Waals surface area (Å²) in [5.74, 6) is -1.34. The summed E-state index contributed by atoms with van der Waals surface area (Å²) < 4.78 is 11.0. The minimum Gasteiger partial charge on any atom is -0.457 e. The van der Waals surface area contributed by atoms with Gasteiger partial charge < -0.3 is 9.47 Å². The van der Waals surface area contributed by atoms with Gasteiger partial charge in [-0.25, -0.2) is 0 Å². The lowest BCUT2D eigenvalue weighted by atomic mass is 9.79. The molecule has 3 aliphatic rings. The average Bonchev–Trinajstić information content (AvgIpc) is 3.01. The Balaban J connectivity index is 1.81. The molecule has 0 radical (unpaired) electrons. The van der Waals surface area contributed by atoms with Crippen molar-refractivity contribution in [2.45, 2.75) is 49.9 Å². The molecule has 0 aliphatic carbocycles. The predicted octanol–water partition coefficient (Wildman–Crippen LogP) is 1.51. The zero-order valence-electron chi connectivity index (χ0n) is 11.7. The van der Waals surface area contributed by atoms with Crippen LogP contribution in [0.3, 0.4) is 0 Å². The van der Waals surface area contributed by atoms with Crippen LogP contribution >= 0.6 is 11.8 Å². The van der Waals surface area contributed by atoms with Crippen molar-refractivity contribution < 1.29 is 19.1 Å². The highest BCUT2D eigenvalue weighted by Crippen LogP contribution is 2.58. The standard InChI is InChI=1S/C14H17NO4S/c1-4-14(2,3)13(17)19-8-9-11-7(12(16)18-9)6(5-15)10(8)20-11/h6-11H,4H2,1-3H3. The van der Waals surface area contributed by atoms with E-state index in [9.17, 15) is 14.9 Å². The summed E-state index contributed by atoms with van der Waals surface area (Å²) in [5.41, 5.74) is -0.559. The number of thioether (sulfide) groups is 1. The van der Waals surface area contributed by atoms with Gasteiger partial charge in [-0.3, -0.25) is 9.59 Å². The maximum atomic E-state index is 12.2. The van der Waals surface area contributed by atoms with Crippen molar-refractivity contribution >= 4 is 23.7 Å². The Morgan fingerprint density at radius 3 is 2.80 bits per heavy atom. The minimum absolute atomic E-state index is 0.0281. The number of nitrogens with zero attached hydrogens (tertiary/aromatic N) is 1. The van der Waals surface area contributed by atoms with Crippen LogP contribution in [0.1, 0.15) is 27.2 Å². The number of ether oxygens (including phenoxy) is 2. The Bertz CT molecular complexity index is 512. The number of carbonyl (C=O) groups excluding carboxylic acids is 2. The van der Waals surface area contributed by atoms with Gasteiger partial charge in [0.15, 0.2) is 12.2 Å². The van der Waals surface area contributed by atoms with E-state index in [1.807, 2.05) is 20.8 Å². The zero-order chi connectivity index (χ0) is 14.7. The third-order valence-corrected chi connectivity index (χ3v) is 6.48. The maximum Gasteiger partial charge on any atom is 0.312 e. The van der Waals surface area contributed by atoms with Gasteiger partial charge in [-0.1, -0.05) is 6.92 Å². The van der Waals surface area contributed by atoms with Crippen molar-refractivity contribution in [3.63, 3.8) is 0 Å². The highest BCUT2D eigenvalue weighted by molar-refractivity contribution is 8.01. The normalized spacial score (nSPS) is 41.4. The van der Waals surface area contributed by atoms with E-state index < -0.39 is 17.4 Å². The lowest BCUT2D eigenvalue weighted by Gasteiger charge is -2.30. The first-order valence-corrected chi connectivity index (χ1v) is 7.81.